The zero-order valence-electron chi connectivity index (χ0n) is 10.6. The molecule has 2 nitrogen and oxygen atoms in total. The van der Waals surface area contributed by atoms with Crippen molar-refractivity contribution in [2.24, 2.45) is 0 Å². The van der Waals surface area contributed by atoms with Crippen LogP contribution >= 0.6 is 0 Å². The van der Waals surface area contributed by atoms with E-state index in [-0.39, 0.29) is 18.2 Å². The molecule has 0 radical (unpaired) electrons. The molecule has 0 bridgehead atoms. The minimum absolute atomic E-state index is 0.0141. The molecule has 0 saturated heterocycles. The quantitative estimate of drug-likeness (QED) is 0.897. The molecule has 0 aromatic heterocycles. The summed E-state index contributed by atoms with van der Waals surface area (Å²) in [6.45, 7) is 1.89. The highest BCUT2D eigenvalue weighted by molar-refractivity contribution is 5.68. The molecule has 0 aliphatic heterocycles. The number of rotatable bonds is 4. The Morgan fingerprint density at radius 1 is 1.05 bits per heavy atom. The van der Waals surface area contributed by atoms with Crippen LogP contribution in [0.4, 0.5) is 4.39 Å². The second-order valence-electron chi connectivity index (χ2n) is 4.63. The fraction of sp³-hybridized carbons (Fsp3) is 0.188. The Labute approximate surface area is 111 Å². The molecule has 0 heterocycles. The first-order valence-electron chi connectivity index (χ1n) is 6.14. The largest absolute Gasteiger partial charge is 0.481 e. The van der Waals surface area contributed by atoms with Gasteiger partial charge in [-0.2, -0.15) is 0 Å². The molecule has 2 aromatic carbocycles. The van der Waals surface area contributed by atoms with E-state index in [9.17, 15) is 9.18 Å². The topological polar surface area (TPSA) is 37.3 Å². The number of hydrogen-bond acceptors (Lipinski definition) is 1. The minimum atomic E-state index is -0.796. The van der Waals surface area contributed by atoms with E-state index in [1.54, 1.807) is 12.1 Å². The standard InChI is InChI=1S/C16H15FO2/c1-11(10-16(18)19)12-2-4-13(5-3-12)14-6-8-15(17)9-7-14/h2-9,11H,10H2,1H3,(H,18,19). The first-order valence-corrected chi connectivity index (χ1v) is 6.14. The molecule has 2 aromatic rings. The fourth-order valence-corrected chi connectivity index (χ4v) is 2.03. The van der Waals surface area contributed by atoms with Crippen LogP contribution in [0.25, 0.3) is 11.1 Å². The van der Waals surface area contributed by atoms with Crippen LogP contribution in [0.3, 0.4) is 0 Å². The van der Waals surface area contributed by atoms with Crippen molar-refractivity contribution in [3.05, 3.63) is 59.9 Å². The van der Waals surface area contributed by atoms with E-state index in [2.05, 4.69) is 0 Å². The molecule has 0 saturated carbocycles. The fourth-order valence-electron chi connectivity index (χ4n) is 2.03. The molecule has 1 N–H and O–H groups in total. The Bertz CT molecular complexity index is 558. The van der Waals surface area contributed by atoms with Crippen molar-refractivity contribution in [3.63, 3.8) is 0 Å². The number of hydrogen-bond donors (Lipinski definition) is 1. The van der Waals surface area contributed by atoms with Gasteiger partial charge in [0.05, 0.1) is 6.42 Å². The summed E-state index contributed by atoms with van der Waals surface area (Å²) in [5, 5.41) is 8.77. The first-order chi connectivity index (χ1) is 9.06. The maximum Gasteiger partial charge on any atom is 0.303 e. The second kappa shape index (κ2) is 5.65. The summed E-state index contributed by atoms with van der Waals surface area (Å²) >= 11 is 0. The molecular formula is C16H15FO2. The number of carboxylic acid groups (broad SMARTS) is 1. The van der Waals surface area contributed by atoms with Crippen molar-refractivity contribution in [1.82, 2.24) is 0 Å². The zero-order valence-corrected chi connectivity index (χ0v) is 10.6. The van der Waals surface area contributed by atoms with Crippen LogP contribution in [-0.2, 0) is 4.79 Å². The molecular weight excluding hydrogens is 243 g/mol. The van der Waals surface area contributed by atoms with Gasteiger partial charge in [0.2, 0.25) is 0 Å². The van der Waals surface area contributed by atoms with Gasteiger partial charge in [-0.15, -0.1) is 0 Å². The first kappa shape index (κ1) is 13.3. The summed E-state index contributed by atoms with van der Waals surface area (Å²) in [7, 11) is 0. The van der Waals surface area contributed by atoms with Crippen LogP contribution in [0.15, 0.2) is 48.5 Å². The van der Waals surface area contributed by atoms with Crippen LogP contribution in [-0.4, -0.2) is 11.1 Å². The van der Waals surface area contributed by atoms with Gasteiger partial charge in [-0.3, -0.25) is 4.79 Å². The third kappa shape index (κ3) is 3.41. The van der Waals surface area contributed by atoms with Crippen LogP contribution in [0.2, 0.25) is 0 Å². The SMILES string of the molecule is CC(CC(=O)O)c1ccc(-c2ccc(F)cc2)cc1. The summed E-state index contributed by atoms with van der Waals surface area (Å²) in [4.78, 5) is 10.7. The van der Waals surface area contributed by atoms with E-state index >= 15 is 0 Å². The van der Waals surface area contributed by atoms with Crippen LogP contribution in [0.1, 0.15) is 24.8 Å². The summed E-state index contributed by atoms with van der Waals surface area (Å²) in [5.74, 6) is -1.06. The van der Waals surface area contributed by atoms with Crippen molar-refractivity contribution in [2.45, 2.75) is 19.3 Å². The van der Waals surface area contributed by atoms with Gasteiger partial charge < -0.3 is 5.11 Å². The predicted molar refractivity (Wildman–Crippen MR) is 72.5 cm³/mol. The van der Waals surface area contributed by atoms with Gasteiger partial charge in [0.15, 0.2) is 0 Å². The molecule has 0 spiro atoms. The smallest absolute Gasteiger partial charge is 0.303 e. The predicted octanol–water partition coefficient (Wildman–Crippen LogP) is 4.07. The molecule has 0 aliphatic rings. The van der Waals surface area contributed by atoms with Gasteiger partial charge in [0.25, 0.3) is 0 Å². The van der Waals surface area contributed by atoms with E-state index in [1.807, 2.05) is 31.2 Å². The Morgan fingerprint density at radius 3 is 2.00 bits per heavy atom. The maximum absolute atomic E-state index is 12.8. The van der Waals surface area contributed by atoms with E-state index in [0.29, 0.717) is 0 Å². The minimum Gasteiger partial charge on any atom is -0.481 e. The number of carbonyl (C=O) groups is 1. The lowest BCUT2D eigenvalue weighted by Crippen LogP contribution is -2.02. The second-order valence-corrected chi connectivity index (χ2v) is 4.63. The van der Waals surface area contributed by atoms with Crippen molar-refractivity contribution in [1.29, 1.82) is 0 Å². The summed E-state index contributed by atoms with van der Waals surface area (Å²) in [5.41, 5.74) is 2.93. The zero-order chi connectivity index (χ0) is 13.8. The highest BCUT2D eigenvalue weighted by Gasteiger charge is 2.10. The molecule has 0 amide bonds. The molecule has 19 heavy (non-hydrogen) atoms. The van der Waals surface area contributed by atoms with Crippen LogP contribution in [0.5, 0.6) is 0 Å². The molecule has 2 rings (SSSR count). The molecule has 1 atom stereocenters. The highest BCUT2D eigenvalue weighted by atomic mass is 19.1. The Hall–Kier alpha value is -2.16. The lowest BCUT2D eigenvalue weighted by molar-refractivity contribution is -0.137. The van der Waals surface area contributed by atoms with Gasteiger partial charge in [0, 0.05) is 0 Å². The van der Waals surface area contributed by atoms with E-state index < -0.39 is 5.97 Å². The van der Waals surface area contributed by atoms with E-state index in [4.69, 9.17) is 5.11 Å². The summed E-state index contributed by atoms with van der Waals surface area (Å²) in [6.07, 6.45) is 0.121. The normalized spacial score (nSPS) is 12.1. The van der Waals surface area contributed by atoms with Crippen molar-refractivity contribution in [2.75, 3.05) is 0 Å². The van der Waals surface area contributed by atoms with E-state index in [0.717, 1.165) is 16.7 Å². The lowest BCUT2D eigenvalue weighted by atomic mass is 9.95. The molecule has 0 aliphatic carbocycles. The maximum atomic E-state index is 12.8. The molecule has 1 unspecified atom stereocenters. The van der Waals surface area contributed by atoms with Crippen molar-refractivity contribution < 1.29 is 14.3 Å². The Morgan fingerprint density at radius 2 is 1.53 bits per heavy atom. The number of halogens is 1. The van der Waals surface area contributed by atoms with E-state index in [1.165, 1.54) is 12.1 Å². The molecule has 98 valence electrons. The number of carboxylic acids is 1. The summed E-state index contributed by atoms with van der Waals surface area (Å²) in [6, 6.07) is 14.0. The summed E-state index contributed by atoms with van der Waals surface area (Å²) < 4.78 is 12.8. The van der Waals surface area contributed by atoms with Gasteiger partial charge in [-0.05, 0) is 34.7 Å². The van der Waals surface area contributed by atoms with Gasteiger partial charge in [-0.25, -0.2) is 4.39 Å². The van der Waals surface area contributed by atoms with Crippen LogP contribution < -0.4 is 0 Å². The average Bonchev–Trinajstić information content (AvgIpc) is 2.39. The Balaban J connectivity index is 2.18. The average molecular weight is 258 g/mol. The molecule has 3 heteroatoms. The third-order valence-electron chi connectivity index (χ3n) is 3.14. The number of benzene rings is 2. The molecule has 0 fully saturated rings. The Kier molecular flexibility index (Phi) is 3.95. The van der Waals surface area contributed by atoms with Crippen molar-refractivity contribution >= 4 is 5.97 Å². The van der Waals surface area contributed by atoms with Gasteiger partial charge >= 0.3 is 5.97 Å². The number of aliphatic carboxylic acids is 1. The third-order valence-corrected chi connectivity index (χ3v) is 3.14. The highest BCUT2D eigenvalue weighted by Crippen LogP contribution is 2.24. The van der Waals surface area contributed by atoms with Crippen molar-refractivity contribution in [3.8, 4) is 11.1 Å². The lowest BCUT2D eigenvalue weighted by Gasteiger charge is -2.10. The monoisotopic (exact) mass is 258 g/mol. The van der Waals surface area contributed by atoms with Gasteiger partial charge in [-0.1, -0.05) is 43.3 Å². The van der Waals surface area contributed by atoms with Gasteiger partial charge in [0.1, 0.15) is 5.82 Å². The van der Waals surface area contributed by atoms with Crippen LogP contribution in [0, 0.1) is 5.82 Å².